The number of ketones is 1. The number of esters is 1. The minimum Gasteiger partial charge on any atom is -0.455 e. The van der Waals surface area contributed by atoms with E-state index in [0.717, 1.165) is 0 Å². The third-order valence-electron chi connectivity index (χ3n) is 7.02. The average Bonchev–Trinajstić information content (AvgIpc) is 2.97. The summed E-state index contributed by atoms with van der Waals surface area (Å²) in [5, 5.41) is 0. The Hall–Kier alpha value is -1.68. The second-order valence-corrected chi connectivity index (χ2v) is 7.72. The molecule has 0 spiro atoms. The third-order valence-corrected chi connectivity index (χ3v) is 7.02. The lowest BCUT2D eigenvalue weighted by molar-refractivity contribution is -0.147. The number of hydrogen-bond acceptors (Lipinski definition) is 4. The fourth-order valence-electron chi connectivity index (χ4n) is 5.89. The van der Waals surface area contributed by atoms with Crippen molar-refractivity contribution in [3.63, 3.8) is 0 Å². The Morgan fingerprint density at radius 1 is 1.26 bits per heavy atom. The van der Waals surface area contributed by atoms with Gasteiger partial charge in [-0.05, 0) is 26.8 Å². The summed E-state index contributed by atoms with van der Waals surface area (Å²) in [5.74, 6) is -0.350. The van der Waals surface area contributed by atoms with Crippen molar-refractivity contribution in [2.75, 3.05) is 0 Å². The van der Waals surface area contributed by atoms with Crippen LogP contribution in [-0.4, -0.2) is 29.6 Å². The van der Waals surface area contributed by atoms with Gasteiger partial charge >= 0.3 is 5.97 Å². The van der Waals surface area contributed by atoms with Gasteiger partial charge in [-0.2, -0.15) is 0 Å². The predicted molar refractivity (Wildman–Crippen MR) is 84.5 cm³/mol. The van der Waals surface area contributed by atoms with Gasteiger partial charge in [-0.1, -0.05) is 25.2 Å². The van der Waals surface area contributed by atoms with Crippen LogP contribution in [0.2, 0.25) is 0 Å². The monoisotopic (exact) mass is 314 g/mol. The highest BCUT2D eigenvalue weighted by Gasteiger charge is 2.79. The molecule has 1 saturated carbocycles. The van der Waals surface area contributed by atoms with E-state index in [9.17, 15) is 9.59 Å². The minimum absolute atomic E-state index is 0.0446. The van der Waals surface area contributed by atoms with Crippen LogP contribution in [0.15, 0.2) is 36.5 Å². The summed E-state index contributed by atoms with van der Waals surface area (Å²) in [6.45, 7) is 11.9. The van der Waals surface area contributed by atoms with Crippen molar-refractivity contribution >= 4 is 11.8 Å². The van der Waals surface area contributed by atoms with E-state index in [1.165, 1.54) is 0 Å². The van der Waals surface area contributed by atoms with E-state index in [1.807, 2.05) is 32.9 Å². The maximum Gasteiger partial charge on any atom is 0.336 e. The molecule has 0 radical (unpaired) electrons. The van der Waals surface area contributed by atoms with Gasteiger partial charge in [0.1, 0.15) is 12.2 Å². The Morgan fingerprint density at radius 2 is 1.96 bits per heavy atom. The van der Waals surface area contributed by atoms with Crippen LogP contribution >= 0.6 is 0 Å². The van der Waals surface area contributed by atoms with E-state index in [0.29, 0.717) is 5.57 Å². The van der Waals surface area contributed by atoms with Gasteiger partial charge in [0.25, 0.3) is 0 Å². The Morgan fingerprint density at radius 3 is 2.57 bits per heavy atom. The van der Waals surface area contributed by atoms with E-state index in [2.05, 4.69) is 13.5 Å². The van der Waals surface area contributed by atoms with E-state index in [-0.39, 0.29) is 41.2 Å². The molecule has 2 aliphatic heterocycles. The van der Waals surface area contributed by atoms with Crippen molar-refractivity contribution < 1.29 is 19.1 Å². The first-order valence-corrected chi connectivity index (χ1v) is 8.17. The lowest BCUT2D eigenvalue weighted by atomic mass is 9.62. The summed E-state index contributed by atoms with van der Waals surface area (Å²) < 4.78 is 12.1. The molecule has 2 bridgehead atoms. The van der Waals surface area contributed by atoms with Crippen molar-refractivity contribution in [1.29, 1.82) is 0 Å². The first kappa shape index (κ1) is 14.9. The molecule has 4 aliphatic rings. The number of rotatable bonds is 1. The van der Waals surface area contributed by atoms with E-state index >= 15 is 0 Å². The molecule has 0 N–H and O–H groups in total. The zero-order valence-electron chi connectivity index (χ0n) is 14.0. The molecule has 122 valence electrons. The van der Waals surface area contributed by atoms with Crippen LogP contribution < -0.4 is 0 Å². The first-order valence-electron chi connectivity index (χ1n) is 8.17. The van der Waals surface area contributed by atoms with E-state index < -0.39 is 11.0 Å². The highest BCUT2D eigenvalue weighted by Crippen LogP contribution is 2.72. The molecule has 7 atom stereocenters. The summed E-state index contributed by atoms with van der Waals surface area (Å²) >= 11 is 0. The van der Waals surface area contributed by atoms with Crippen molar-refractivity contribution in [2.24, 2.45) is 22.7 Å². The number of carbonyl (C=O) groups excluding carboxylic acids is 2. The maximum atomic E-state index is 12.8. The molecule has 23 heavy (non-hydrogen) atoms. The van der Waals surface area contributed by atoms with Crippen LogP contribution in [0, 0.1) is 22.7 Å². The lowest BCUT2D eigenvalue weighted by Gasteiger charge is -2.43. The van der Waals surface area contributed by atoms with Crippen LogP contribution in [0.4, 0.5) is 0 Å². The molecule has 4 nitrogen and oxygen atoms in total. The van der Waals surface area contributed by atoms with Crippen molar-refractivity contribution in [3.05, 3.63) is 36.5 Å². The summed E-state index contributed by atoms with van der Waals surface area (Å²) in [6, 6.07) is 0. The van der Waals surface area contributed by atoms with E-state index in [1.54, 1.807) is 12.2 Å². The zero-order chi connectivity index (χ0) is 16.8. The normalized spacial score (nSPS) is 55.0. The molecule has 2 heterocycles. The van der Waals surface area contributed by atoms with Crippen molar-refractivity contribution in [2.45, 2.75) is 45.5 Å². The molecular formula is C19H22O4. The van der Waals surface area contributed by atoms with Crippen LogP contribution in [-0.2, 0) is 19.1 Å². The van der Waals surface area contributed by atoms with Crippen LogP contribution in [0.5, 0.6) is 0 Å². The number of fused-ring (bicyclic) bond motifs is 7. The summed E-state index contributed by atoms with van der Waals surface area (Å²) in [7, 11) is 0. The Balaban J connectivity index is 1.95. The Kier molecular flexibility index (Phi) is 2.62. The fourth-order valence-corrected chi connectivity index (χ4v) is 5.89. The zero-order valence-corrected chi connectivity index (χ0v) is 14.0. The Labute approximate surface area is 136 Å². The number of carbonyl (C=O) groups is 2. The number of allylic oxidation sites excluding steroid dienone is 4. The van der Waals surface area contributed by atoms with E-state index in [4.69, 9.17) is 9.47 Å². The summed E-state index contributed by atoms with van der Waals surface area (Å²) in [6.07, 6.45) is 6.56. The molecule has 4 rings (SSSR count). The van der Waals surface area contributed by atoms with Gasteiger partial charge in [0.15, 0.2) is 5.78 Å². The highest BCUT2D eigenvalue weighted by atomic mass is 16.6. The molecule has 0 aromatic rings. The maximum absolute atomic E-state index is 12.8. The third kappa shape index (κ3) is 1.30. The number of hydrogen-bond donors (Lipinski definition) is 0. The second kappa shape index (κ2) is 4.04. The van der Waals surface area contributed by atoms with Crippen LogP contribution in [0.25, 0.3) is 0 Å². The van der Waals surface area contributed by atoms with Gasteiger partial charge in [0.05, 0.1) is 16.6 Å². The van der Waals surface area contributed by atoms with Gasteiger partial charge in [0.2, 0.25) is 0 Å². The molecule has 0 amide bonds. The molecule has 0 aromatic carbocycles. The standard InChI is InChI=1S/C19H22O4/c1-6-10-13-14(22-16(10)21)15-17(3)9-8-12(20)18(4,11(17)7-2)19(15,5)23-13/h6-9,11,13-15H,2H2,1,3-5H3/b10-6+/t11?,13-,14+,15-,17+,18?,19-/m1/s1. The molecule has 0 aromatic heterocycles. The van der Waals surface area contributed by atoms with Gasteiger partial charge in [-0.25, -0.2) is 4.79 Å². The first-order chi connectivity index (χ1) is 10.8. The second-order valence-electron chi connectivity index (χ2n) is 7.72. The minimum atomic E-state index is -0.696. The SMILES string of the molecule is C=CC1C2(C)C(=O)C=C[C@]1(C)[C@H]1[C@H]3OC(=O)/C(=C/C)[C@H]3O[C@]12C. The topological polar surface area (TPSA) is 52.6 Å². The molecule has 4 heteroatoms. The quantitative estimate of drug-likeness (QED) is 0.424. The van der Waals surface area contributed by atoms with Gasteiger partial charge in [-0.15, -0.1) is 6.58 Å². The Bertz CT molecular complexity index is 704. The largest absolute Gasteiger partial charge is 0.455 e. The highest BCUT2D eigenvalue weighted by molar-refractivity contribution is 5.99. The van der Waals surface area contributed by atoms with Crippen LogP contribution in [0.1, 0.15) is 27.7 Å². The van der Waals surface area contributed by atoms with Gasteiger partial charge in [-0.3, -0.25) is 4.79 Å². The molecular weight excluding hydrogens is 292 g/mol. The lowest BCUT2D eigenvalue weighted by Crippen LogP contribution is -2.51. The molecule has 2 aliphatic carbocycles. The number of ether oxygens (including phenoxy) is 2. The molecule has 2 saturated heterocycles. The van der Waals surface area contributed by atoms with Gasteiger partial charge < -0.3 is 9.47 Å². The smallest absolute Gasteiger partial charge is 0.336 e. The predicted octanol–water partition coefficient (Wildman–Crippen LogP) is 2.60. The average molecular weight is 314 g/mol. The van der Waals surface area contributed by atoms with Crippen LogP contribution in [0.3, 0.4) is 0 Å². The molecule has 2 unspecified atom stereocenters. The van der Waals surface area contributed by atoms with Gasteiger partial charge in [0, 0.05) is 17.3 Å². The summed E-state index contributed by atoms with van der Waals surface area (Å²) in [4.78, 5) is 25.0. The fraction of sp³-hybridized carbons (Fsp3) is 0.579. The molecule has 3 fully saturated rings. The van der Waals surface area contributed by atoms with Crippen molar-refractivity contribution in [1.82, 2.24) is 0 Å². The summed E-state index contributed by atoms with van der Waals surface area (Å²) in [5.41, 5.74) is -1.13. The van der Waals surface area contributed by atoms with Crippen molar-refractivity contribution in [3.8, 4) is 0 Å².